The first-order valence-electron chi connectivity index (χ1n) is 39.4. The molecule has 0 bridgehead atoms. The van der Waals surface area contributed by atoms with Crippen LogP contribution in [0.25, 0.3) is 0 Å². The van der Waals surface area contributed by atoms with Crippen LogP contribution >= 0.6 is 15.6 Å². The topological polar surface area (TPSA) is 237 Å². The van der Waals surface area contributed by atoms with Gasteiger partial charge in [0.1, 0.15) is 19.3 Å². The zero-order valence-electron chi connectivity index (χ0n) is 64.4. The Morgan fingerprint density at radius 3 is 0.808 bits per heavy atom. The van der Waals surface area contributed by atoms with Gasteiger partial charge in [-0.3, -0.25) is 37.3 Å². The summed E-state index contributed by atoms with van der Waals surface area (Å²) in [6.07, 6.45) is 89.1. The second-order valence-corrected chi connectivity index (χ2v) is 28.4. The van der Waals surface area contributed by atoms with Crippen molar-refractivity contribution in [2.24, 2.45) is 0 Å². The van der Waals surface area contributed by atoms with E-state index in [2.05, 4.69) is 198 Å². The molecule has 0 amide bonds. The van der Waals surface area contributed by atoms with Gasteiger partial charge in [0, 0.05) is 25.7 Å². The number of phosphoric acid groups is 2. The summed E-state index contributed by atoms with van der Waals surface area (Å²) in [6.45, 7) is 4.37. The number of esters is 4. The van der Waals surface area contributed by atoms with Crippen LogP contribution < -0.4 is 0 Å². The van der Waals surface area contributed by atoms with Crippen LogP contribution in [0.3, 0.4) is 0 Å². The molecule has 0 fully saturated rings. The SMILES string of the molecule is CC/C=C\C/C=C\C/C=C\C/C=C\C/C=C\CCCCCC(=O)OCC(COP(=O)(O)OCC(O)COP(=O)(O)OCC(COC(=O)CCCCCC/C=C\C/C=C\C/C=C\C/C=C\CC)OC(=O)CCCC/C=C\C/C=C\C/C=C\C/C=C\CC)OC(=O)CCCCCCC/C=C\CCCCCC. The fourth-order valence-corrected chi connectivity index (χ4v) is 11.3. The van der Waals surface area contributed by atoms with E-state index < -0.39 is 97.5 Å². The van der Waals surface area contributed by atoms with Gasteiger partial charge in [0.15, 0.2) is 12.2 Å². The Kier molecular flexibility index (Phi) is 71.6. The van der Waals surface area contributed by atoms with Gasteiger partial charge in [0.05, 0.1) is 26.4 Å². The maximum atomic E-state index is 13.1. The van der Waals surface area contributed by atoms with E-state index in [-0.39, 0.29) is 25.7 Å². The van der Waals surface area contributed by atoms with E-state index in [0.717, 1.165) is 173 Å². The van der Waals surface area contributed by atoms with Gasteiger partial charge in [0.2, 0.25) is 0 Å². The fraction of sp³-hybridized carbons (Fsp3) is 0.624. The van der Waals surface area contributed by atoms with E-state index in [9.17, 15) is 43.2 Å². The normalized spacial score (nSPS) is 14.8. The predicted molar refractivity (Wildman–Crippen MR) is 426 cm³/mol. The average molecular weight is 1490 g/mol. The molecule has 0 aliphatic carbocycles. The molecule has 0 saturated heterocycles. The summed E-state index contributed by atoms with van der Waals surface area (Å²) in [5, 5.41) is 10.6. The summed E-state index contributed by atoms with van der Waals surface area (Å²) in [5.74, 6) is -2.31. The van der Waals surface area contributed by atoms with Crippen LogP contribution in [0.1, 0.15) is 285 Å². The molecule has 0 heterocycles. The van der Waals surface area contributed by atoms with Gasteiger partial charge in [-0.2, -0.15) is 0 Å². The molecule has 0 aliphatic rings. The molecule has 19 heteroatoms. The number of phosphoric ester groups is 2. The van der Waals surface area contributed by atoms with Crippen LogP contribution in [-0.4, -0.2) is 96.7 Å². The molecular weight excluding hydrogens is 1350 g/mol. The molecule has 0 aliphatic heterocycles. The lowest BCUT2D eigenvalue weighted by atomic mass is 10.1. The second kappa shape index (κ2) is 75.6. The minimum absolute atomic E-state index is 0.0302. The molecule has 104 heavy (non-hydrogen) atoms. The highest BCUT2D eigenvalue weighted by Gasteiger charge is 2.30. The fourth-order valence-electron chi connectivity index (χ4n) is 9.75. The van der Waals surface area contributed by atoms with Gasteiger partial charge in [-0.05, 0) is 173 Å². The molecule has 17 nitrogen and oxygen atoms in total. The first kappa shape index (κ1) is 98.4. The number of aliphatic hydroxyl groups excluding tert-OH is 1. The molecule has 0 spiro atoms. The Balaban J connectivity index is 5.45. The highest BCUT2D eigenvalue weighted by molar-refractivity contribution is 7.47. The maximum Gasteiger partial charge on any atom is 0.472 e. The molecule has 0 aromatic heterocycles. The van der Waals surface area contributed by atoms with E-state index in [1.807, 2.05) is 0 Å². The lowest BCUT2D eigenvalue weighted by Gasteiger charge is -2.21. The van der Waals surface area contributed by atoms with Crippen LogP contribution in [0.4, 0.5) is 0 Å². The van der Waals surface area contributed by atoms with E-state index in [0.29, 0.717) is 32.1 Å². The molecule has 0 rings (SSSR count). The number of unbranched alkanes of at least 4 members (excludes halogenated alkanes) is 18. The summed E-state index contributed by atoms with van der Waals surface area (Å²) in [7, 11) is -10.0. The zero-order chi connectivity index (χ0) is 76.0. The quantitative estimate of drug-likeness (QED) is 0.0169. The van der Waals surface area contributed by atoms with Crippen LogP contribution in [-0.2, 0) is 65.4 Å². The summed E-state index contributed by atoms with van der Waals surface area (Å²) in [5.41, 5.74) is 0. The molecule has 590 valence electrons. The van der Waals surface area contributed by atoms with Gasteiger partial charge in [-0.15, -0.1) is 0 Å². The highest BCUT2D eigenvalue weighted by Crippen LogP contribution is 2.45. The van der Waals surface area contributed by atoms with E-state index >= 15 is 0 Å². The van der Waals surface area contributed by atoms with Crippen molar-refractivity contribution < 1.29 is 80.2 Å². The van der Waals surface area contributed by atoms with Crippen LogP contribution in [0.2, 0.25) is 0 Å². The van der Waals surface area contributed by atoms with Crippen molar-refractivity contribution >= 4 is 39.5 Å². The minimum atomic E-state index is -5.00. The second-order valence-electron chi connectivity index (χ2n) is 25.5. The monoisotopic (exact) mass is 1490 g/mol. The summed E-state index contributed by atoms with van der Waals surface area (Å²) >= 11 is 0. The molecule has 5 unspecified atom stereocenters. The minimum Gasteiger partial charge on any atom is -0.462 e. The van der Waals surface area contributed by atoms with Crippen LogP contribution in [0.15, 0.2) is 170 Å². The molecule has 0 aromatic carbocycles. The van der Waals surface area contributed by atoms with Crippen molar-refractivity contribution in [3.63, 3.8) is 0 Å². The third-order valence-corrected chi connectivity index (χ3v) is 17.6. The van der Waals surface area contributed by atoms with Crippen molar-refractivity contribution in [2.75, 3.05) is 39.6 Å². The van der Waals surface area contributed by atoms with Crippen molar-refractivity contribution in [2.45, 2.75) is 303 Å². The van der Waals surface area contributed by atoms with E-state index in [1.165, 1.54) is 25.7 Å². The van der Waals surface area contributed by atoms with Crippen molar-refractivity contribution in [1.29, 1.82) is 0 Å². The maximum absolute atomic E-state index is 13.1. The summed E-state index contributed by atoms with van der Waals surface area (Å²) in [6, 6.07) is 0. The third kappa shape index (κ3) is 74.7. The highest BCUT2D eigenvalue weighted by atomic mass is 31.2. The number of hydrogen-bond donors (Lipinski definition) is 3. The van der Waals surface area contributed by atoms with Gasteiger partial charge in [0.25, 0.3) is 0 Å². The summed E-state index contributed by atoms with van der Waals surface area (Å²) in [4.78, 5) is 73.0. The first-order chi connectivity index (χ1) is 50.7. The first-order valence-corrected chi connectivity index (χ1v) is 42.4. The Morgan fingerprint density at radius 1 is 0.279 bits per heavy atom. The van der Waals surface area contributed by atoms with Gasteiger partial charge >= 0.3 is 39.5 Å². The number of hydrogen-bond acceptors (Lipinski definition) is 15. The predicted octanol–water partition coefficient (Wildman–Crippen LogP) is 23.0. The molecule has 0 saturated carbocycles. The van der Waals surface area contributed by atoms with Crippen molar-refractivity contribution in [1.82, 2.24) is 0 Å². The number of ether oxygens (including phenoxy) is 4. The number of allylic oxidation sites excluding steroid dienone is 28. The Morgan fingerprint density at radius 2 is 0.500 bits per heavy atom. The standard InChI is InChI=1S/C85H138O17P2/c1-5-9-13-17-21-25-29-33-36-38-39-41-44-47-50-54-58-62-66-70-83(88)95-75-80(101-84(89)71-67-63-59-55-51-45-32-28-24-20-16-12-8-4)77-99-103(91,92)97-73-79(86)74-98-104(93,94)100-78-81(102-85(90)72-68-64-60-56-52-48-42-35-31-27-23-19-15-11-7-3)76-96-82(87)69-65-61-57-53-49-46-43-40-37-34-30-26-22-18-14-10-6-2/h9-11,13-15,21-23,25-28,32-37,39,41-43,46-47,50,52,56,79-81,86H,5-8,12,16-20,24,29-31,38,40,44-45,48-49,51,53-55,57-78H2,1-4H3,(H,91,92)(H,93,94)/b13-9-,14-10-,15-11-,25-21-,26-22-,27-23-,32-28-,36-33-,37-34-,41-39-,42-35-,46-43-,50-47-,56-52-. The van der Waals surface area contributed by atoms with Crippen LogP contribution in [0.5, 0.6) is 0 Å². The summed E-state index contributed by atoms with van der Waals surface area (Å²) < 4.78 is 68.5. The van der Waals surface area contributed by atoms with Gasteiger partial charge in [-0.25, -0.2) is 9.13 Å². The number of rotatable bonds is 72. The smallest absolute Gasteiger partial charge is 0.462 e. The zero-order valence-corrected chi connectivity index (χ0v) is 66.2. The number of carbonyl (C=O) groups is 4. The molecule has 3 N–H and O–H groups in total. The van der Waals surface area contributed by atoms with Crippen molar-refractivity contribution in [3.05, 3.63) is 170 Å². The Labute approximate surface area is 629 Å². The van der Waals surface area contributed by atoms with Crippen molar-refractivity contribution in [3.8, 4) is 0 Å². The van der Waals surface area contributed by atoms with Crippen LogP contribution in [0, 0.1) is 0 Å². The molecular formula is C85H138O17P2. The number of aliphatic hydroxyl groups is 1. The number of carbonyl (C=O) groups excluding carboxylic acids is 4. The third-order valence-electron chi connectivity index (χ3n) is 15.7. The Bertz CT molecular complexity index is 2640. The molecule has 0 radical (unpaired) electrons. The van der Waals surface area contributed by atoms with Gasteiger partial charge < -0.3 is 33.8 Å². The largest absolute Gasteiger partial charge is 0.472 e. The molecule has 5 atom stereocenters. The lowest BCUT2D eigenvalue weighted by Crippen LogP contribution is -2.30. The van der Waals surface area contributed by atoms with E-state index in [4.69, 9.17) is 37.0 Å². The average Bonchev–Trinajstić information content (AvgIpc) is 0.939. The van der Waals surface area contributed by atoms with E-state index in [1.54, 1.807) is 0 Å². The van der Waals surface area contributed by atoms with Gasteiger partial charge in [-0.1, -0.05) is 256 Å². The lowest BCUT2D eigenvalue weighted by molar-refractivity contribution is -0.161. The molecule has 0 aromatic rings. The Hall–Kier alpha value is -5.58.